The average Bonchev–Trinajstić information content (AvgIpc) is 2.62. The van der Waals surface area contributed by atoms with Gasteiger partial charge in [0.2, 0.25) is 11.8 Å². The van der Waals surface area contributed by atoms with Crippen LogP contribution in [0.1, 0.15) is 46.5 Å². The molecule has 0 heterocycles. The second-order valence-corrected chi connectivity index (χ2v) is 6.95. The van der Waals surface area contributed by atoms with Gasteiger partial charge in [-0.25, -0.2) is 0 Å². The summed E-state index contributed by atoms with van der Waals surface area (Å²) in [5.41, 5.74) is 0. The fraction of sp³-hybridized carbons (Fsp3) is 0.650. The zero-order chi connectivity index (χ0) is 20.8. The Bertz CT molecular complexity index is 505. The van der Waals surface area contributed by atoms with Gasteiger partial charge in [-0.2, -0.15) is 0 Å². The molecule has 0 spiro atoms. The predicted molar refractivity (Wildman–Crippen MR) is 105 cm³/mol. The van der Waals surface area contributed by atoms with Crippen LogP contribution in [0.3, 0.4) is 0 Å². The summed E-state index contributed by atoms with van der Waals surface area (Å²) in [4.78, 5) is 36.3. The van der Waals surface area contributed by atoms with Crippen LogP contribution in [0.25, 0.3) is 0 Å². The summed E-state index contributed by atoms with van der Waals surface area (Å²) in [5, 5.41) is 14.5. The lowest BCUT2D eigenvalue weighted by Crippen LogP contribution is -2.46. The van der Waals surface area contributed by atoms with Gasteiger partial charge < -0.3 is 20.5 Å². The van der Waals surface area contributed by atoms with Gasteiger partial charge in [-0.05, 0) is 25.7 Å². The third-order valence-electron chi connectivity index (χ3n) is 4.04. The number of carbonyl (C=O) groups is 3. The van der Waals surface area contributed by atoms with Crippen molar-refractivity contribution in [1.82, 2.24) is 10.6 Å². The number of esters is 1. The topological polar surface area (TPSA) is 105 Å². The zero-order valence-corrected chi connectivity index (χ0v) is 16.7. The lowest BCUT2D eigenvalue weighted by Gasteiger charge is -2.25. The Morgan fingerprint density at radius 3 is 2.30 bits per heavy atom. The normalized spacial score (nSPS) is 14.0. The maximum atomic E-state index is 12.6. The largest absolute Gasteiger partial charge is 0.463 e. The van der Waals surface area contributed by atoms with Gasteiger partial charge >= 0.3 is 5.97 Å². The summed E-state index contributed by atoms with van der Waals surface area (Å²) < 4.78 is 5.23. The van der Waals surface area contributed by atoms with E-state index in [0.29, 0.717) is 12.8 Å². The molecule has 0 rings (SSSR count). The van der Waals surface area contributed by atoms with Crippen LogP contribution in [0.15, 0.2) is 25.3 Å². The molecule has 3 atom stereocenters. The smallest absolute Gasteiger partial charge is 0.306 e. The SMILES string of the molecule is C=CCCC(=O)OC[C@@H](NC(=O)[C@H](CC=C)CC(=O)N[C@@H](C)CO)C(C)C. The lowest BCUT2D eigenvalue weighted by atomic mass is 9.97. The zero-order valence-electron chi connectivity index (χ0n) is 16.7. The minimum atomic E-state index is -0.578. The molecule has 0 aliphatic carbocycles. The number of nitrogens with one attached hydrogen (secondary N) is 2. The molecule has 0 unspecified atom stereocenters. The molecule has 0 saturated carbocycles. The van der Waals surface area contributed by atoms with Crippen molar-refractivity contribution in [3.8, 4) is 0 Å². The van der Waals surface area contributed by atoms with Crippen molar-refractivity contribution >= 4 is 17.8 Å². The third kappa shape index (κ3) is 11.2. The first-order valence-corrected chi connectivity index (χ1v) is 9.33. The Morgan fingerprint density at radius 1 is 1.11 bits per heavy atom. The standard InChI is InChI=1S/C20H34N2O5/c1-6-8-10-19(25)27-13-17(14(3)4)22-20(26)16(9-7-2)11-18(24)21-15(5)12-23/h6-7,14-17,23H,1-2,8-13H2,3-5H3,(H,21,24)(H,22,26)/t15-,16+,17+/m0/s1. The number of amides is 2. The Hall–Kier alpha value is -2.15. The number of allylic oxidation sites excluding steroid dienone is 2. The summed E-state index contributed by atoms with van der Waals surface area (Å²) in [7, 11) is 0. The molecule has 0 bridgehead atoms. The van der Waals surface area contributed by atoms with E-state index in [1.807, 2.05) is 13.8 Å². The molecule has 3 N–H and O–H groups in total. The van der Waals surface area contributed by atoms with Crippen LogP contribution >= 0.6 is 0 Å². The van der Waals surface area contributed by atoms with Crippen LogP contribution in [0.2, 0.25) is 0 Å². The highest BCUT2D eigenvalue weighted by molar-refractivity contribution is 5.86. The molecular weight excluding hydrogens is 348 g/mol. The number of carbonyl (C=O) groups excluding carboxylic acids is 3. The summed E-state index contributed by atoms with van der Waals surface area (Å²) >= 11 is 0. The van der Waals surface area contributed by atoms with E-state index in [-0.39, 0.29) is 61.8 Å². The molecule has 0 aromatic carbocycles. The van der Waals surface area contributed by atoms with E-state index < -0.39 is 5.92 Å². The van der Waals surface area contributed by atoms with Crippen molar-refractivity contribution in [3.05, 3.63) is 25.3 Å². The average molecular weight is 383 g/mol. The first-order chi connectivity index (χ1) is 12.7. The molecule has 0 radical (unpaired) electrons. The molecule has 0 aromatic rings. The van der Waals surface area contributed by atoms with Crippen LogP contribution in [0.4, 0.5) is 0 Å². The maximum absolute atomic E-state index is 12.6. The van der Waals surface area contributed by atoms with Crippen LogP contribution in [0.5, 0.6) is 0 Å². The highest BCUT2D eigenvalue weighted by Gasteiger charge is 2.25. The van der Waals surface area contributed by atoms with E-state index in [2.05, 4.69) is 23.8 Å². The van der Waals surface area contributed by atoms with E-state index in [1.165, 1.54) is 0 Å². The van der Waals surface area contributed by atoms with Crippen LogP contribution < -0.4 is 10.6 Å². The number of hydrogen-bond acceptors (Lipinski definition) is 5. The van der Waals surface area contributed by atoms with Gasteiger partial charge in [0.1, 0.15) is 6.61 Å². The third-order valence-corrected chi connectivity index (χ3v) is 4.04. The Kier molecular flexibility index (Phi) is 12.9. The second kappa shape index (κ2) is 14.0. The van der Waals surface area contributed by atoms with Gasteiger partial charge in [-0.3, -0.25) is 14.4 Å². The molecule has 0 aliphatic heterocycles. The quantitative estimate of drug-likeness (QED) is 0.313. The molecule has 0 aromatic heterocycles. The van der Waals surface area contributed by atoms with Crippen molar-refractivity contribution in [3.63, 3.8) is 0 Å². The minimum Gasteiger partial charge on any atom is -0.463 e. The van der Waals surface area contributed by atoms with Crippen molar-refractivity contribution in [2.75, 3.05) is 13.2 Å². The van der Waals surface area contributed by atoms with Gasteiger partial charge in [-0.15, -0.1) is 13.2 Å². The van der Waals surface area contributed by atoms with Crippen molar-refractivity contribution in [2.45, 2.75) is 58.5 Å². The van der Waals surface area contributed by atoms with Gasteiger partial charge in [-0.1, -0.05) is 26.0 Å². The number of aliphatic hydroxyl groups is 1. The van der Waals surface area contributed by atoms with Gasteiger partial charge in [0.05, 0.1) is 18.6 Å². The molecule has 0 saturated heterocycles. The van der Waals surface area contributed by atoms with E-state index in [9.17, 15) is 14.4 Å². The van der Waals surface area contributed by atoms with Gasteiger partial charge in [0.15, 0.2) is 0 Å². The fourth-order valence-electron chi connectivity index (χ4n) is 2.26. The molecule has 0 aliphatic rings. The molecule has 7 nitrogen and oxygen atoms in total. The van der Waals surface area contributed by atoms with Gasteiger partial charge in [0.25, 0.3) is 0 Å². The summed E-state index contributed by atoms with van der Waals surface area (Å²) in [5.74, 6) is -1.47. The monoisotopic (exact) mass is 382 g/mol. The van der Waals surface area contributed by atoms with Gasteiger partial charge in [0, 0.05) is 18.9 Å². The first kappa shape index (κ1) is 24.8. The molecule has 0 fully saturated rings. The molecule has 154 valence electrons. The highest BCUT2D eigenvalue weighted by Crippen LogP contribution is 2.12. The maximum Gasteiger partial charge on any atom is 0.306 e. The molecule has 27 heavy (non-hydrogen) atoms. The predicted octanol–water partition coefficient (Wildman–Crippen LogP) is 1.72. The summed E-state index contributed by atoms with van der Waals surface area (Å²) in [6.07, 6.45) is 4.37. The number of ether oxygens (including phenoxy) is 1. The Morgan fingerprint density at radius 2 is 1.78 bits per heavy atom. The first-order valence-electron chi connectivity index (χ1n) is 9.33. The molecule has 7 heteroatoms. The Balaban J connectivity index is 4.77. The number of hydrogen-bond donors (Lipinski definition) is 3. The lowest BCUT2D eigenvalue weighted by molar-refractivity contribution is -0.145. The number of aliphatic hydroxyl groups excluding tert-OH is 1. The molecular formula is C20H34N2O5. The van der Waals surface area contributed by atoms with Crippen LogP contribution in [0, 0.1) is 11.8 Å². The van der Waals surface area contributed by atoms with Crippen LogP contribution in [-0.2, 0) is 19.1 Å². The summed E-state index contributed by atoms with van der Waals surface area (Å²) in [6.45, 7) is 12.6. The Labute approximate surface area is 162 Å². The van der Waals surface area contributed by atoms with E-state index >= 15 is 0 Å². The van der Waals surface area contributed by atoms with E-state index in [0.717, 1.165) is 0 Å². The second-order valence-electron chi connectivity index (χ2n) is 6.95. The highest BCUT2D eigenvalue weighted by atomic mass is 16.5. The van der Waals surface area contributed by atoms with E-state index in [4.69, 9.17) is 9.84 Å². The molecule has 2 amide bonds. The van der Waals surface area contributed by atoms with Crippen molar-refractivity contribution in [2.24, 2.45) is 11.8 Å². The van der Waals surface area contributed by atoms with Crippen LogP contribution in [-0.4, -0.2) is 48.2 Å². The number of rotatable bonds is 14. The van der Waals surface area contributed by atoms with E-state index in [1.54, 1.807) is 19.1 Å². The van der Waals surface area contributed by atoms with Crippen molar-refractivity contribution in [1.29, 1.82) is 0 Å². The fourth-order valence-corrected chi connectivity index (χ4v) is 2.26. The summed E-state index contributed by atoms with van der Waals surface area (Å²) in [6, 6.07) is -0.722. The van der Waals surface area contributed by atoms with Crippen molar-refractivity contribution < 1.29 is 24.2 Å². The minimum absolute atomic E-state index is 0.00781.